The van der Waals surface area contributed by atoms with E-state index in [4.69, 9.17) is 0 Å². The SMILES string of the molecule is C=CC(CC1CC(C(C)CCC)C1)CC1C(C)CC[SH]1(C)(C)CC. The monoisotopic (exact) mass is 354 g/mol. The molecule has 4 unspecified atom stereocenters. The van der Waals surface area contributed by atoms with Crippen LogP contribution in [0, 0.1) is 29.6 Å². The summed E-state index contributed by atoms with van der Waals surface area (Å²) in [6, 6.07) is 0. The van der Waals surface area contributed by atoms with E-state index in [9.17, 15) is 0 Å². The van der Waals surface area contributed by atoms with Gasteiger partial charge in [-0.2, -0.15) is 0 Å². The molecule has 0 aromatic heterocycles. The Labute approximate surface area is 153 Å². The van der Waals surface area contributed by atoms with Crippen LogP contribution in [-0.4, -0.2) is 29.3 Å². The highest BCUT2D eigenvalue weighted by Crippen LogP contribution is 2.74. The summed E-state index contributed by atoms with van der Waals surface area (Å²) in [4.78, 5) is 0. The van der Waals surface area contributed by atoms with Crippen LogP contribution in [0.4, 0.5) is 0 Å². The predicted octanol–water partition coefficient (Wildman–Crippen LogP) is 6.79. The maximum atomic E-state index is 4.23. The number of rotatable bonds is 9. The summed E-state index contributed by atoms with van der Waals surface area (Å²) in [5.74, 6) is 7.68. The zero-order chi connectivity index (χ0) is 18.0. The molecular formula is C23H46S. The lowest BCUT2D eigenvalue weighted by atomic mass is 9.65. The summed E-state index contributed by atoms with van der Waals surface area (Å²) in [5.41, 5.74) is 0. The van der Waals surface area contributed by atoms with Crippen LogP contribution in [-0.2, 0) is 0 Å². The summed E-state index contributed by atoms with van der Waals surface area (Å²) >= 11 is 0. The van der Waals surface area contributed by atoms with Crippen LogP contribution in [0.15, 0.2) is 12.7 Å². The fraction of sp³-hybridized carbons (Fsp3) is 0.913. The van der Waals surface area contributed by atoms with Gasteiger partial charge >= 0.3 is 0 Å². The van der Waals surface area contributed by atoms with Gasteiger partial charge in [0.2, 0.25) is 0 Å². The Morgan fingerprint density at radius 2 is 1.83 bits per heavy atom. The van der Waals surface area contributed by atoms with Gasteiger partial charge in [0.15, 0.2) is 0 Å². The highest BCUT2D eigenvalue weighted by Gasteiger charge is 2.47. The third kappa shape index (κ3) is 4.25. The molecule has 24 heavy (non-hydrogen) atoms. The lowest BCUT2D eigenvalue weighted by Crippen LogP contribution is -2.34. The van der Waals surface area contributed by atoms with Gasteiger partial charge in [0, 0.05) is 0 Å². The number of hydrogen-bond acceptors (Lipinski definition) is 0. The second kappa shape index (κ2) is 7.77. The summed E-state index contributed by atoms with van der Waals surface area (Å²) in [5, 5.41) is 0.999. The molecule has 0 spiro atoms. The van der Waals surface area contributed by atoms with Gasteiger partial charge in [-0.25, -0.2) is 0 Å². The van der Waals surface area contributed by atoms with Gasteiger partial charge in [0.05, 0.1) is 0 Å². The van der Waals surface area contributed by atoms with Gasteiger partial charge in [-0.3, -0.25) is 9.16 Å². The zero-order valence-corrected chi connectivity index (χ0v) is 18.5. The number of allylic oxidation sites excluding steroid dienone is 1. The number of hydrogen-bond donors (Lipinski definition) is 1. The van der Waals surface area contributed by atoms with Gasteiger partial charge in [-0.15, -0.1) is 6.58 Å². The molecule has 0 nitrogen and oxygen atoms in total. The molecule has 4 atom stereocenters. The summed E-state index contributed by atoms with van der Waals surface area (Å²) < 4.78 is 0. The second-order valence-corrected chi connectivity index (χ2v) is 17.9. The standard InChI is InChI=1S/C23H46S/c1-8-11-18(4)22-15-21(16-22)14-20(9-2)17-23-19(5)12-13-24(23,6,7)10-3/h9,18-24H,2,8,10-17H2,1,3-7H3. The predicted molar refractivity (Wildman–Crippen MR) is 117 cm³/mol. The third-order valence-corrected chi connectivity index (χ3v) is 15.3. The van der Waals surface area contributed by atoms with Gasteiger partial charge in [0.25, 0.3) is 0 Å². The van der Waals surface area contributed by atoms with Crippen LogP contribution < -0.4 is 0 Å². The third-order valence-electron chi connectivity index (χ3n) is 8.48. The maximum Gasteiger partial charge on any atom is -0.0211 e. The lowest BCUT2D eigenvalue weighted by Gasteiger charge is -2.58. The molecule has 0 aromatic rings. The minimum absolute atomic E-state index is 0.774. The first kappa shape index (κ1) is 20.4. The Morgan fingerprint density at radius 3 is 2.38 bits per heavy atom. The lowest BCUT2D eigenvalue weighted by molar-refractivity contribution is 0.108. The van der Waals surface area contributed by atoms with Crippen molar-refractivity contribution in [2.75, 3.05) is 24.0 Å². The molecule has 1 saturated heterocycles. The minimum atomic E-state index is -1.44. The molecule has 0 amide bonds. The molecule has 1 heteroatoms. The molecule has 1 aliphatic carbocycles. The summed E-state index contributed by atoms with van der Waals surface area (Å²) in [6.07, 6.45) is 17.9. The molecule has 1 saturated carbocycles. The average Bonchev–Trinajstić information content (AvgIpc) is 2.74. The van der Waals surface area contributed by atoms with Gasteiger partial charge in [-0.1, -0.05) is 46.6 Å². The molecular weight excluding hydrogens is 308 g/mol. The zero-order valence-electron chi connectivity index (χ0n) is 17.6. The highest BCUT2D eigenvalue weighted by molar-refractivity contribution is 8.49. The second-order valence-electron chi connectivity index (χ2n) is 10.5. The molecule has 0 radical (unpaired) electrons. The molecule has 1 heterocycles. The first-order valence-electron chi connectivity index (χ1n) is 10.8. The highest BCUT2D eigenvalue weighted by atomic mass is 32.3. The quantitative estimate of drug-likeness (QED) is 0.342. The van der Waals surface area contributed by atoms with E-state index in [0.717, 1.165) is 34.8 Å². The van der Waals surface area contributed by atoms with Crippen molar-refractivity contribution in [3.8, 4) is 0 Å². The topological polar surface area (TPSA) is 0 Å². The molecule has 0 aromatic carbocycles. The Kier molecular flexibility index (Phi) is 6.60. The van der Waals surface area contributed by atoms with Crippen molar-refractivity contribution < 1.29 is 0 Å². The van der Waals surface area contributed by atoms with E-state index in [1.54, 1.807) is 0 Å². The van der Waals surface area contributed by atoms with Crippen LogP contribution in [0.1, 0.15) is 72.6 Å². The van der Waals surface area contributed by atoms with Crippen molar-refractivity contribution in [3.63, 3.8) is 0 Å². The fourth-order valence-electron chi connectivity index (χ4n) is 6.00. The van der Waals surface area contributed by atoms with Gasteiger partial charge in [-0.05, 0) is 91.0 Å². The van der Waals surface area contributed by atoms with Crippen LogP contribution >= 0.6 is 9.16 Å². The van der Waals surface area contributed by atoms with Gasteiger partial charge < -0.3 is 0 Å². The largest absolute Gasteiger partial charge is 0.285 e. The molecule has 2 aliphatic rings. The minimum Gasteiger partial charge on any atom is -0.285 e. The van der Waals surface area contributed by atoms with Crippen LogP contribution in [0.25, 0.3) is 0 Å². The van der Waals surface area contributed by atoms with E-state index >= 15 is 0 Å². The van der Waals surface area contributed by atoms with Gasteiger partial charge in [0.1, 0.15) is 0 Å². The van der Waals surface area contributed by atoms with Crippen molar-refractivity contribution in [2.24, 2.45) is 29.6 Å². The molecule has 1 aliphatic heterocycles. The van der Waals surface area contributed by atoms with E-state index in [2.05, 4.69) is 52.9 Å². The summed E-state index contributed by atoms with van der Waals surface area (Å²) in [7, 11) is -1.44. The van der Waals surface area contributed by atoms with Crippen molar-refractivity contribution in [1.29, 1.82) is 0 Å². The Hall–Kier alpha value is 0.0900. The molecule has 0 N–H and O–H groups in total. The normalized spacial score (nSPS) is 38.5. The van der Waals surface area contributed by atoms with E-state index < -0.39 is 9.16 Å². The first-order chi connectivity index (χ1) is 11.2. The Bertz CT molecular complexity index is 418. The van der Waals surface area contributed by atoms with E-state index in [1.807, 2.05) is 0 Å². The van der Waals surface area contributed by atoms with E-state index in [1.165, 1.54) is 56.5 Å². The van der Waals surface area contributed by atoms with Crippen molar-refractivity contribution >= 4 is 9.16 Å². The smallest absolute Gasteiger partial charge is 0.0211 e. The first-order valence-corrected chi connectivity index (χ1v) is 14.4. The van der Waals surface area contributed by atoms with Crippen molar-refractivity contribution in [1.82, 2.24) is 0 Å². The van der Waals surface area contributed by atoms with Crippen molar-refractivity contribution in [2.45, 2.75) is 77.9 Å². The molecule has 2 rings (SSSR count). The maximum absolute atomic E-state index is 4.23. The molecule has 0 bridgehead atoms. The van der Waals surface area contributed by atoms with Crippen LogP contribution in [0.3, 0.4) is 0 Å². The Morgan fingerprint density at radius 1 is 1.17 bits per heavy atom. The average molecular weight is 355 g/mol. The molecule has 144 valence electrons. The van der Waals surface area contributed by atoms with Crippen LogP contribution in [0.2, 0.25) is 0 Å². The Balaban J connectivity index is 1.88. The van der Waals surface area contributed by atoms with Crippen LogP contribution in [0.5, 0.6) is 0 Å². The van der Waals surface area contributed by atoms with E-state index in [0.29, 0.717) is 0 Å². The fourth-order valence-corrected chi connectivity index (χ4v) is 11.3. The summed E-state index contributed by atoms with van der Waals surface area (Å²) in [6.45, 7) is 14.1. The number of thiol groups is 1. The van der Waals surface area contributed by atoms with Crippen molar-refractivity contribution in [3.05, 3.63) is 12.7 Å². The molecule has 2 fully saturated rings. The van der Waals surface area contributed by atoms with E-state index in [-0.39, 0.29) is 0 Å².